The lowest BCUT2D eigenvalue weighted by atomic mass is 9.92. The smallest absolute Gasteiger partial charge is 0.232 e. The van der Waals surface area contributed by atoms with Gasteiger partial charge in [0.25, 0.3) is 0 Å². The third kappa shape index (κ3) is 4.18. The summed E-state index contributed by atoms with van der Waals surface area (Å²) in [4.78, 5) is 15.8. The van der Waals surface area contributed by atoms with Crippen LogP contribution in [-0.4, -0.2) is 42.7 Å². The lowest BCUT2D eigenvalue weighted by molar-refractivity contribution is -0.128. The molecule has 1 aromatic rings. The third-order valence-corrected chi connectivity index (χ3v) is 5.98. The molecule has 0 spiro atoms. The van der Waals surface area contributed by atoms with Crippen molar-refractivity contribution in [1.82, 2.24) is 10.2 Å². The fraction of sp³-hybridized carbons (Fsp3) is 0.588. The number of nitrogens with one attached hydrogen (secondary N) is 1. The first kappa shape index (κ1) is 17.6. The molecular weight excluding hydrogens is 316 g/mol. The fourth-order valence-electron chi connectivity index (χ4n) is 3.42. The summed E-state index contributed by atoms with van der Waals surface area (Å²) in [6, 6.07) is 8.29. The first-order chi connectivity index (χ1) is 10.2. The van der Waals surface area contributed by atoms with E-state index < -0.39 is 0 Å². The van der Waals surface area contributed by atoms with Gasteiger partial charge in [0.2, 0.25) is 5.91 Å². The Hall–Kier alpha value is -0.710. The molecule has 1 aromatic carbocycles. The number of carbonyl (C=O) groups excluding carboxylic acids is 1. The second kappa shape index (κ2) is 8.23. The number of fused-ring (bicyclic) bond motifs is 1. The van der Waals surface area contributed by atoms with Crippen molar-refractivity contribution in [1.29, 1.82) is 0 Å². The zero-order chi connectivity index (χ0) is 14.7. The minimum Gasteiger partial charge on any atom is -0.342 e. The Kier molecular flexibility index (Phi) is 6.60. The number of halogens is 1. The number of carbonyl (C=O) groups is 1. The van der Waals surface area contributed by atoms with Crippen LogP contribution >= 0.6 is 24.2 Å². The van der Waals surface area contributed by atoms with Crippen LogP contribution in [0.3, 0.4) is 0 Å². The molecule has 0 aromatic heterocycles. The number of thioether (sulfide) groups is 1. The second-order valence-electron chi connectivity index (χ2n) is 6.19. The normalized spacial score (nSPS) is 24.3. The molecule has 2 saturated heterocycles. The number of amides is 1. The van der Waals surface area contributed by atoms with E-state index in [4.69, 9.17) is 0 Å². The fourth-order valence-corrected chi connectivity index (χ4v) is 4.35. The summed E-state index contributed by atoms with van der Waals surface area (Å²) in [5.41, 5.74) is 1.26. The van der Waals surface area contributed by atoms with Gasteiger partial charge < -0.3 is 10.2 Å². The van der Waals surface area contributed by atoms with Crippen molar-refractivity contribution in [3.8, 4) is 0 Å². The molecule has 1 N–H and O–H groups in total. The van der Waals surface area contributed by atoms with Gasteiger partial charge in [0, 0.05) is 18.0 Å². The van der Waals surface area contributed by atoms with E-state index in [0.29, 0.717) is 11.7 Å². The molecule has 5 heteroatoms. The number of benzene rings is 1. The van der Waals surface area contributed by atoms with Crippen LogP contribution in [0.5, 0.6) is 0 Å². The molecular formula is C17H25ClN2OS. The second-order valence-corrected chi connectivity index (χ2v) is 7.21. The summed E-state index contributed by atoms with van der Waals surface area (Å²) in [5, 5.41) is 3.48. The summed E-state index contributed by atoms with van der Waals surface area (Å²) >= 11 is 1.67. The van der Waals surface area contributed by atoms with Crippen LogP contribution in [0.15, 0.2) is 29.2 Å². The van der Waals surface area contributed by atoms with Crippen molar-refractivity contribution in [3.63, 3.8) is 0 Å². The number of aryl methyl sites for hydroxylation is 1. The first-order valence-electron chi connectivity index (χ1n) is 7.91. The maximum absolute atomic E-state index is 12.4. The Labute approximate surface area is 143 Å². The maximum Gasteiger partial charge on any atom is 0.232 e. The average molecular weight is 341 g/mol. The molecule has 0 unspecified atom stereocenters. The Morgan fingerprint density at radius 2 is 1.86 bits per heavy atom. The van der Waals surface area contributed by atoms with E-state index in [1.54, 1.807) is 11.8 Å². The van der Waals surface area contributed by atoms with Gasteiger partial charge in [-0.05, 0) is 56.3 Å². The van der Waals surface area contributed by atoms with Crippen molar-refractivity contribution in [2.24, 2.45) is 11.8 Å². The molecule has 1 amide bonds. The van der Waals surface area contributed by atoms with Crippen LogP contribution in [0.4, 0.5) is 0 Å². The number of hydrogen-bond acceptors (Lipinski definition) is 3. The summed E-state index contributed by atoms with van der Waals surface area (Å²) in [6.45, 7) is 6.27. The van der Waals surface area contributed by atoms with Gasteiger partial charge >= 0.3 is 0 Å². The lowest BCUT2D eigenvalue weighted by Crippen LogP contribution is -2.34. The topological polar surface area (TPSA) is 32.3 Å². The number of nitrogens with zero attached hydrogens (tertiary/aromatic N) is 1. The zero-order valence-electron chi connectivity index (χ0n) is 13.1. The molecule has 3 nitrogen and oxygen atoms in total. The Bertz CT molecular complexity index is 497. The van der Waals surface area contributed by atoms with E-state index >= 15 is 0 Å². The highest BCUT2D eigenvalue weighted by Gasteiger charge is 2.31. The monoisotopic (exact) mass is 340 g/mol. The van der Waals surface area contributed by atoms with Gasteiger partial charge in [-0.3, -0.25) is 4.79 Å². The highest BCUT2D eigenvalue weighted by molar-refractivity contribution is 8.00. The van der Waals surface area contributed by atoms with Crippen molar-refractivity contribution in [3.05, 3.63) is 29.8 Å². The quantitative estimate of drug-likeness (QED) is 0.859. The van der Waals surface area contributed by atoms with E-state index in [9.17, 15) is 4.79 Å². The van der Waals surface area contributed by atoms with Gasteiger partial charge in [0.1, 0.15) is 0 Å². The van der Waals surface area contributed by atoms with E-state index in [1.807, 2.05) is 12.1 Å². The molecule has 0 aliphatic carbocycles. The van der Waals surface area contributed by atoms with Crippen LogP contribution < -0.4 is 5.32 Å². The van der Waals surface area contributed by atoms with E-state index in [-0.39, 0.29) is 12.4 Å². The largest absolute Gasteiger partial charge is 0.342 e. The molecule has 2 aliphatic rings. The summed E-state index contributed by atoms with van der Waals surface area (Å²) < 4.78 is 0. The number of likely N-dealkylation sites (tertiary alicyclic amines) is 1. The van der Waals surface area contributed by atoms with E-state index in [0.717, 1.165) is 38.0 Å². The highest BCUT2D eigenvalue weighted by atomic mass is 35.5. The lowest BCUT2D eigenvalue weighted by Gasteiger charge is -2.21. The molecule has 3 rings (SSSR count). The standard InChI is InChI=1S/C17H24N2OS.ClH/c1-13-4-2-3-5-16(13)21-12-17(20)19-8-6-14-10-18-11-15(14)7-9-19;/h2-5,14-15,18H,6-12H2,1H3;1H/t14-,15+;. The molecule has 0 bridgehead atoms. The number of hydrogen-bond donors (Lipinski definition) is 1. The van der Waals surface area contributed by atoms with E-state index in [2.05, 4.69) is 29.3 Å². The van der Waals surface area contributed by atoms with Gasteiger partial charge in [0.15, 0.2) is 0 Å². The molecule has 2 heterocycles. The Morgan fingerprint density at radius 1 is 1.23 bits per heavy atom. The van der Waals surface area contributed by atoms with Gasteiger partial charge in [0.05, 0.1) is 5.75 Å². The summed E-state index contributed by atoms with van der Waals surface area (Å²) in [6.07, 6.45) is 2.33. The van der Waals surface area contributed by atoms with Crippen molar-refractivity contribution in [2.45, 2.75) is 24.7 Å². The SMILES string of the molecule is Cc1ccccc1SCC(=O)N1CC[C@@H]2CNC[C@@H]2CC1.Cl. The van der Waals surface area contributed by atoms with Gasteiger partial charge in [-0.1, -0.05) is 18.2 Å². The Balaban J connectivity index is 0.00000176. The average Bonchev–Trinajstić information content (AvgIpc) is 2.85. The van der Waals surface area contributed by atoms with Crippen molar-refractivity contribution >= 4 is 30.1 Å². The summed E-state index contributed by atoms with van der Waals surface area (Å²) in [7, 11) is 0. The van der Waals surface area contributed by atoms with Gasteiger partial charge in [-0.15, -0.1) is 24.2 Å². The molecule has 0 radical (unpaired) electrons. The molecule has 0 saturated carbocycles. The zero-order valence-corrected chi connectivity index (χ0v) is 14.7. The summed E-state index contributed by atoms with van der Waals surface area (Å²) in [5.74, 6) is 2.44. The third-order valence-electron chi connectivity index (χ3n) is 4.82. The van der Waals surface area contributed by atoms with Gasteiger partial charge in [-0.25, -0.2) is 0 Å². The highest BCUT2D eigenvalue weighted by Crippen LogP contribution is 2.28. The molecule has 2 aliphatic heterocycles. The molecule has 122 valence electrons. The van der Waals surface area contributed by atoms with Crippen molar-refractivity contribution in [2.75, 3.05) is 31.9 Å². The van der Waals surface area contributed by atoms with Crippen LogP contribution in [0.2, 0.25) is 0 Å². The van der Waals surface area contributed by atoms with Crippen LogP contribution in [-0.2, 0) is 4.79 Å². The van der Waals surface area contributed by atoms with Gasteiger partial charge in [-0.2, -0.15) is 0 Å². The van der Waals surface area contributed by atoms with E-state index in [1.165, 1.54) is 23.3 Å². The van der Waals surface area contributed by atoms with Crippen LogP contribution in [0.25, 0.3) is 0 Å². The predicted octanol–water partition coefficient (Wildman–Crippen LogP) is 2.97. The molecule has 2 atom stereocenters. The van der Waals surface area contributed by atoms with Crippen LogP contribution in [0, 0.1) is 18.8 Å². The van der Waals surface area contributed by atoms with Crippen LogP contribution in [0.1, 0.15) is 18.4 Å². The minimum atomic E-state index is 0. The minimum absolute atomic E-state index is 0. The molecule has 2 fully saturated rings. The first-order valence-corrected chi connectivity index (χ1v) is 8.89. The predicted molar refractivity (Wildman–Crippen MR) is 94.8 cm³/mol. The molecule has 22 heavy (non-hydrogen) atoms. The maximum atomic E-state index is 12.4. The van der Waals surface area contributed by atoms with Crippen molar-refractivity contribution < 1.29 is 4.79 Å². The number of rotatable bonds is 3. The Morgan fingerprint density at radius 3 is 2.50 bits per heavy atom.